The summed E-state index contributed by atoms with van der Waals surface area (Å²) in [7, 11) is 0. The average Bonchev–Trinajstić information content (AvgIpc) is 3.10. The third-order valence-electron chi connectivity index (χ3n) is 7.89. The summed E-state index contributed by atoms with van der Waals surface area (Å²) >= 11 is 0. The lowest BCUT2D eigenvalue weighted by Crippen LogP contribution is -2.10. The zero-order valence-electron chi connectivity index (χ0n) is 23.8. The SMILES string of the molecule is c1ccc(-c2ccc(N(c3ccc(-c4ccccc4-c4ccccc4)cc3)c3cccc(-c4ccccc4)c3)cc2)cc1. The highest BCUT2D eigenvalue weighted by Crippen LogP contribution is 2.39. The van der Waals surface area contributed by atoms with E-state index in [1.54, 1.807) is 0 Å². The highest BCUT2D eigenvalue weighted by molar-refractivity contribution is 5.86. The second-order valence-corrected chi connectivity index (χ2v) is 10.6. The molecule has 0 bridgehead atoms. The monoisotopic (exact) mass is 549 g/mol. The van der Waals surface area contributed by atoms with Gasteiger partial charge in [0.1, 0.15) is 0 Å². The molecule has 0 heterocycles. The summed E-state index contributed by atoms with van der Waals surface area (Å²) in [6.45, 7) is 0. The molecule has 1 nitrogen and oxygen atoms in total. The van der Waals surface area contributed by atoms with Gasteiger partial charge in [0.05, 0.1) is 0 Å². The number of anilines is 3. The topological polar surface area (TPSA) is 3.24 Å². The molecule has 0 amide bonds. The van der Waals surface area contributed by atoms with Crippen LogP contribution >= 0.6 is 0 Å². The molecule has 0 radical (unpaired) electrons. The van der Waals surface area contributed by atoms with Crippen LogP contribution in [0.3, 0.4) is 0 Å². The van der Waals surface area contributed by atoms with E-state index in [4.69, 9.17) is 0 Å². The molecule has 0 atom stereocenters. The van der Waals surface area contributed by atoms with E-state index in [1.807, 2.05) is 0 Å². The zero-order valence-corrected chi connectivity index (χ0v) is 23.8. The van der Waals surface area contributed by atoms with Gasteiger partial charge in [-0.15, -0.1) is 0 Å². The molecule has 0 aliphatic heterocycles. The molecule has 0 aliphatic carbocycles. The van der Waals surface area contributed by atoms with Gasteiger partial charge in [0.2, 0.25) is 0 Å². The van der Waals surface area contributed by atoms with Crippen molar-refractivity contribution in [2.45, 2.75) is 0 Å². The standard InChI is InChI=1S/C42H31N/c1-4-13-32(14-5-1)34-23-27-38(28-24-34)43(40-20-12-19-37(31-40)33-15-6-2-7-16-33)39-29-25-36(26-30-39)42-22-11-10-21-41(42)35-17-8-3-9-18-35/h1-31H. The Morgan fingerprint density at radius 3 is 1.14 bits per heavy atom. The molecule has 7 rings (SSSR count). The first-order chi connectivity index (χ1) is 21.3. The maximum atomic E-state index is 2.34. The maximum Gasteiger partial charge on any atom is 0.0467 e. The fourth-order valence-electron chi connectivity index (χ4n) is 5.73. The Kier molecular flexibility index (Phi) is 7.36. The van der Waals surface area contributed by atoms with Crippen LogP contribution in [0, 0.1) is 0 Å². The van der Waals surface area contributed by atoms with Gasteiger partial charge in [0.15, 0.2) is 0 Å². The Morgan fingerprint density at radius 2 is 0.605 bits per heavy atom. The molecule has 7 aromatic rings. The number of benzene rings is 7. The third-order valence-corrected chi connectivity index (χ3v) is 7.89. The minimum atomic E-state index is 1.11. The van der Waals surface area contributed by atoms with Crippen molar-refractivity contribution in [3.8, 4) is 44.5 Å². The van der Waals surface area contributed by atoms with Gasteiger partial charge in [0, 0.05) is 17.1 Å². The average molecular weight is 550 g/mol. The maximum absolute atomic E-state index is 2.34. The molecule has 7 aromatic carbocycles. The molecule has 0 unspecified atom stereocenters. The van der Waals surface area contributed by atoms with Gasteiger partial charge >= 0.3 is 0 Å². The van der Waals surface area contributed by atoms with Crippen LogP contribution in [-0.4, -0.2) is 0 Å². The Morgan fingerprint density at radius 1 is 0.233 bits per heavy atom. The molecule has 0 aromatic heterocycles. The van der Waals surface area contributed by atoms with Crippen molar-refractivity contribution in [1.82, 2.24) is 0 Å². The highest BCUT2D eigenvalue weighted by atomic mass is 15.1. The molecule has 0 saturated carbocycles. The normalized spacial score (nSPS) is 10.8. The number of hydrogen-bond acceptors (Lipinski definition) is 1. The van der Waals surface area contributed by atoms with E-state index in [0.717, 1.165) is 17.1 Å². The molecule has 0 aliphatic rings. The van der Waals surface area contributed by atoms with E-state index in [0.29, 0.717) is 0 Å². The van der Waals surface area contributed by atoms with Crippen molar-refractivity contribution >= 4 is 17.1 Å². The minimum Gasteiger partial charge on any atom is -0.310 e. The van der Waals surface area contributed by atoms with Crippen molar-refractivity contribution in [1.29, 1.82) is 0 Å². The zero-order chi connectivity index (χ0) is 28.8. The lowest BCUT2D eigenvalue weighted by atomic mass is 9.94. The summed E-state index contributed by atoms with van der Waals surface area (Å²) in [6.07, 6.45) is 0. The Bertz CT molecular complexity index is 1930. The summed E-state index contributed by atoms with van der Waals surface area (Å²) in [5.74, 6) is 0. The summed E-state index contributed by atoms with van der Waals surface area (Å²) in [5, 5.41) is 0. The second kappa shape index (κ2) is 12.1. The van der Waals surface area contributed by atoms with Crippen molar-refractivity contribution in [2.75, 3.05) is 4.90 Å². The third kappa shape index (κ3) is 5.62. The summed E-state index contributed by atoms with van der Waals surface area (Å²) in [5.41, 5.74) is 13.0. The summed E-state index contributed by atoms with van der Waals surface area (Å²) < 4.78 is 0. The van der Waals surface area contributed by atoms with E-state index in [2.05, 4.69) is 193 Å². The molecule has 43 heavy (non-hydrogen) atoms. The van der Waals surface area contributed by atoms with Gasteiger partial charge < -0.3 is 4.90 Å². The molecule has 1 heteroatoms. The fourth-order valence-corrected chi connectivity index (χ4v) is 5.73. The van der Waals surface area contributed by atoms with E-state index >= 15 is 0 Å². The van der Waals surface area contributed by atoms with Crippen LogP contribution in [0.1, 0.15) is 0 Å². The van der Waals surface area contributed by atoms with Crippen LogP contribution in [0.5, 0.6) is 0 Å². The number of rotatable bonds is 7. The van der Waals surface area contributed by atoms with E-state index in [-0.39, 0.29) is 0 Å². The predicted octanol–water partition coefficient (Wildman–Crippen LogP) is 11.8. The predicted molar refractivity (Wildman–Crippen MR) is 183 cm³/mol. The van der Waals surface area contributed by atoms with Crippen LogP contribution in [-0.2, 0) is 0 Å². The van der Waals surface area contributed by atoms with Crippen LogP contribution in [0.2, 0.25) is 0 Å². The van der Waals surface area contributed by atoms with Crippen molar-refractivity contribution < 1.29 is 0 Å². The van der Waals surface area contributed by atoms with E-state index < -0.39 is 0 Å². The van der Waals surface area contributed by atoms with E-state index in [1.165, 1.54) is 44.5 Å². The largest absolute Gasteiger partial charge is 0.310 e. The van der Waals surface area contributed by atoms with Gasteiger partial charge in [-0.25, -0.2) is 0 Å². The molecular weight excluding hydrogens is 518 g/mol. The Hall–Kier alpha value is -5.66. The van der Waals surface area contributed by atoms with Gasteiger partial charge in [-0.05, 0) is 80.9 Å². The summed E-state index contributed by atoms with van der Waals surface area (Å²) in [4.78, 5) is 2.34. The van der Waals surface area contributed by atoms with Crippen LogP contribution < -0.4 is 4.90 Å². The molecular formula is C42H31N. The number of hydrogen-bond donors (Lipinski definition) is 0. The first-order valence-corrected chi connectivity index (χ1v) is 14.7. The quantitative estimate of drug-likeness (QED) is 0.191. The Labute approximate surface area is 254 Å². The molecule has 204 valence electrons. The van der Waals surface area contributed by atoms with Crippen LogP contribution in [0.25, 0.3) is 44.5 Å². The van der Waals surface area contributed by atoms with Crippen LogP contribution in [0.15, 0.2) is 188 Å². The molecule has 0 N–H and O–H groups in total. The van der Waals surface area contributed by atoms with Gasteiger partial charge in [0.25, 0.3) is 0 Å². The Balaban J connectivity index is 1.30. The van der Waals surface area contributed by atoms with Crippen LogP contribution in [0.4, 0.5) is 17.1 Å². The first kappa shape index (κ1) is 26.3. The van der Waals surface area contributed by atoms with E-state index in [9.17, 15) is 0 Å². The number of nitrogens with zero attached hydrogens (tertiary/aromatic N) is 1. The molecule has 0 saturated heterocycles. The van der Waals surface area contributed by atoms with Crippen molar-refractivity contribution in [2.24, 2.45) is 0 Å². The summed E-state index contributed by atoms with van der Waals surface area (Å²) in [6, 6.07) is 67.0. The second-order valence-electron chi connectivity index (χ2n) is 10.6. The highest BCUT2D eigenvalue weighted by Gasteiger charge is 2.15. The fraction of sp³-hybridized carbons (Fsp3) is 0. The lowest BCUT2D eigenvalue weighted by molar-refractivity contribution is 1.28. The van der Waals surface area contributed by atoms with Crippen molar-refractivity contribution in [3.63, 3.8) is 0 Å². The molecule has 0 fully saturated rings. The molecule has 0 spiro atoms. The lowest BCUT2D eigenvalue weighted by Gasteiger charge is -2.26. The van der Waals surface area contributed by atoms with Gasteiger partial charge in [-0.2, -0.15) is 0 Å². The minimum absolute atomic E-state index is 1.11. The smallest absolute Gasteiger partial charge is 0.0467 e. The van der Waals surface area contributed by atoms with Crippen molar-refractivity contribution in [3.05, 3.63) is 188 Å². The first-order valence-electron chi connectivity index (χ1n) is 14.7. The van der Waals surface area contributed by atoms with Gasteiger partial charge in [-0.3, -0.25) is 0 Å². The van der Waals surface area contributed by atoms with Gasteiger partial charge in [-0.1, -0.05) is 152 Å².